The van der Waals surface area contributed by atoms with Crippen molar-refractivity contribution in [3.05, 3.63) is 60.3 Å². The highest BCUT2D eigenvalue weighted by Gasteiger charge is 2.15. The Morgan fingerprint density at radius 1 is 1.38 bits per heavy atom. The van der Waals surface area contributed by atoms with Crippen LogP contribution in [0.1, 0.15) is 12.0 Å². The van der Waals surface area contributed by atoms with Crippen molar-refractivity contribution < 1.29 is 9.84 Å². The van der Waals surface area contributed by atoms with Crippen molar-refractivity contribution in [1.82, 2.24) is 15.1 Å². The predicted octanol–water partition coefficient (Wildman–Crippen LogP) is 1.06. The van der Waals surface area contributed by atoms with Crippen LogP contribution >= 0.6 is 0 Å². The molecule has 2 aromatic rings. The Morgan fingerprint density at radius 3 is 2.92 bits per heavy atom. The van der Waals surface area contributed by atoms with Gasteiger partial charge in [-0.1, -0.05) is 0 Å². The van der Waals surface area contributed by atoms with E-state index in [0.717, 1.165) is 25.2 Å². The van der Waals surface area contributed by atoms with Crippen LogP contribution in [0.4, 0.5) is 0 Å². The van der Waals surface area contributed by atoms with Gasteiger partial charge in [-0.3, -0.25) is 0 Å². The SMILES string of the molecule is N/C(=C\C=C(/N)OC1CCNC1)c1ccc(-n2cccn2)cc1O. The number of phenolic OH excluding ortho intramolecular Hbond substituents is 1. The maximum absolute atomic E-state index is 10.2. The number of phenols is 1. The summed E-state index contributed by atoms with van der Waals surface area (Å²) in [7, 11) is 0. The van der Waals surface area contributed by atoms with E-state index in [1.165, 1.54) is 0 Å². The first-order valence-electron chi connectivity index (χ1n) is 7.77. The van der Waals surface area contributed by atoms with Crippen LogP contribution in [0.15, 0.2) is 54.7 Å². The summed E-state index contributed by atoms with van der Waals surface area (Å²) >= 11 is 0. The molecule has 6 N–H and O–H groups in total. The van der Waals surface area contributed by atoms with E-state index in [2.05, 4.69) is 10.4 Å². The summed E-state index contributed by atoms with van der Waals surface area (Å²) in [5.74, 6) is 0.379. The van der Waals surface area contributed by atoms with Crippen LogP contribution in [-0.2, 0) is 4.74 Å². The van der Waals surface area contributed by atoms with Crippen molar-refractivity contribution in [2.45, 2.75) is 12.5 Å². The van der Waals surface area contributed by atoms with Gasteiger partial charge in [-0.05, 0) is 43.3 Å². The fourth-order valence-corrected chi connectivity index (χ4v) is 2.55. The van der Waals surface area contributed by atoms with Gasteiger partial charge in [0.25, 0.3) is 0 Å². The molecule has 7 nitrogen and oxygen atoms in total. The number of benzene rings is 1. The number of aromatic hydroxyl groups is 1. The van der Waals surface area contributed by atoms with E-state index in [-0.39, 0.29) is 11.9 Å². The molecule has 0 saturated carbocycles. The van der Waals surface area contributed by atoms with Crippen molar-refractivity contribution in [1.29, 1.82) is 0 Å². The largest absolute Gasteiger partial charge is 0.507 e. The van der Waals surface area contributed by atoms with Gasteiger partial charge in [0.15, 0.2) is 5.88 Å². The fraction of sp³-hybridized carbons (Fsp3) is 0.235. The second kappa shape index (κ2) is 7.10. The summed E-state index contributed by atoms with van der Waals surface area (Å²) in [6, 6.07) is 6.99. The van der Waals surface area contributed by atoms with E-state index in [4.69, 9.17) is 16.2 Å². The van der Waals surface area contributed by atoms with Gasteiger partial charge in [-0.2, -0.15) is 5.10 Å². The minimum Gasteiger partial charge on any atom is -0.507 e. The van der Waals surface area contributed by atoms with Crippen LogP contribution in [0.5, 0.6) is 5.75 Å². The number of hydrogen-bond donors (Lipinski definition) is 4. The summed E-state index contributed by atoms with van der Waals surface area (Å²) in [5, 5.41) is 17.5. The summed E-state index contributed by atoms with van der Waals surface area (Å²) in [5.41, 5.74) is 13.6. The summed E-state index contributed by atoms with van der Waals surface area (Å²) in [6.45, 7) is 1.73. The predicted molar refractivity (Wildman–Crippen MR) is 92.0 cm³/mol. The van der Waals surface area contributed by atoms with Gasteiger partial charge in [-0.25, -0.2) is 4.68 Å². The third-order valence-electron chi connectivity index (χ3n) is 3.81. The lowest BCUT2D eigenvalue weighted by molar-refractivity contribution is 0.130. The van der Waals surface area contributed by atoms with E-state index in [9.17, 15) is 5.11 Å². The smallest absolute Gasteiger partial charge is 0.184 e. The minimum atomic E-state index is 0.0737. The van der Waals surface area contributed by atoms with Gasteiger partial charge in [0.1, 0.15) is 11.9 Å². The second-order valence-electron chi connectivity index (χ2n) is 5.58. The topological polar surface area (TPSA) is 111 Å². The number of rotatable bonds is 5. The van der Waals surface area contributed by atoms with Crippen molar-refractivity contribution in [2.75, 3.05) is 13.1 Å². The highest BCUT2D eigenvalue weighted by molar-refractivity contribution is 5.70. The van der Waals surface area contributed by atoms with Gasteiger partial charge in [0.2, 0.25) is 0 Å². The Balaban J connectivity index is 1.72. The first-order valence-corrected chi connectivity index (χ1v) is 7.77. The number of hydrogen-bond acceptors (Lipinski definition) is 6. The molecule has 1 aliphatic heterocycles. The van der Waals surface area contributed by atoms with Crippen molar-refractivity contribution >= 4 is 5.70 Å². The molecule has 1 aromatic carbocycles. The molecule has 1 unspecified atom stereocenters. The van der Waals surface area contributed by atoms with Crippen LogP contribution in [0.3, 0.4) is 0 Å². The summed E-state index contributed by atoms with van der Waals surface area (Å²) < 4.78 is 7.26. The molecule has 0 spiro atoms. The number of allylic oxidation sites excluding steroid dienone is 2. The molecule has 126 valence electrons. The number of nitrogens with one attached hydrogen (secondary N) is 1. The van der Waals surface area contributed by atoms with E-state index in [1.807, 2.05) is 12.1 Å². The Bertz CT molecular complexity index is 746. The first kappa shape index (κ1) is 15.9. The third-order valence-corrected chi connectivity index (χ3v) is 3.81. The Labute approximate surface area is 140 Å². The van der Waals surface area contributed by atoms with Crippen LogP contribution in [0, 0.1) is 0 Å². The molecule has 0 bridgehead atoms. The van der Waals surface area contributed by atoms with E-state index in [1.54, 1.807) is 41.4 Å². The molecule has 1 aliphatic rings. The lowest BCUT2D eigenvalue weighted by atomic mass is 10.1. The van der Waals surface area contributed by atoms with Crippen LogP contribution in [-0.4, -0.2) is 34.1 Å². The Hall–Kier alpha value is -2.93. The van der Waals surface area contributed by atoms with Crippen LogP contribution in [0.2, 0.25) is 0 Å². The molecule has 1 saturated heterocycles. The first-order chi connectivity index (χ1) is 11.6. The van der Waals surface area contributed by atoms with Crippen molar-refractivity contribution in [3.63, 3.8) is 0 Å². The number of ether oxygens (including phenoxy) is 1. The monoisotopic (exact) mass is 327 g/mol. The fourth-order valence-electron chi connectivity index (χ4n) is 2.55. The number of nitrogens with zero attached hydrogens (tertiary/aromatic N) is 2. The molecule has 24 heavy (non-hydrogen) atoms. The summed E-state index contributed by atoms with van der Waals surface area (Å²) in [6.07, 6.45) is 7.73. The van der Waals surface area contributed by atoms with Crippen molar-refractivity contribution in [3.8, 4) is 11.4 Å². The number of aromatic nitrogens is 2. The maximum Gasteiger partial charge on any atom is 0.184 e. The van der Waals surface area contributed by atoms with E-state index >= 15 is 0 Å². The van der Waals surface area contributed by atoms with E-state index < -0.39 is 0 Å². The number of nitrogens with two attached hydrogens (primary N) is 2. The van der Waals surface area contributed by atoms with Crippen LogP contribution < -0.4 is 16.8 Å². The van der Waals surface area contributed by atoms with Gasteiger partial charge in [-0.15, -0.1) is 0 Å². The highest BCUT2D eigenvalue weighted by Crippen LogP contribution is 2.25. The van der Waals surface area contributed by atoms with Gasteiger partial charge in [0, 0.05) is 36.3 Å². The molecule has 2 heterocycles. The molecule has 3 rings (SSSR count). The Morgan fingerprint density at radius 2 is 2.25 bits per heavy atom. The molecule has 0 amide bonds. The highest BCUT2D eigenvalue weighted by atomic mass is 16.5. The van der Waals surface area contributed by atoms with Crippen molar-refractivity contribution in [2.24, 2.45) is 11.5 Å². The molecule has 7 heteroatoms. The zero-order chi connectivity index (χ0) is 16.9. The van der Waals surface area contributed by atoms with Gasteiger partial charge < -0.3 is 26.6 Å². The molecule has 0 aliphatic carbocycles. The average molecular weight is 327 g/mol. The second-order valence-corrected chi connectivity index (χ2v) is 5.58. The van der Waals surface area contributed by atoms with Gasteiger partial charge in [0.05, 0.1) is 5.69 Å². The van der Waals surface area contributed by atoms with Gasteiger partial charge >= 0.3 is 0 Å². The average Bonchev–Trinajstić information content (AvgIpc) is 3.26. The molecule has 1 fully saturated rings. The standard InChI is InChI=1S/C17H21N5O2/c18-15(4-5-17(19)24-13-6-8-20-11-13)14-3-2-12(10-16(14)23)22-9-1-7-21-22/h1-5,7,9-10,13,20,23H,6,8,11,18-19H2/b15-4-,17-5+. The van der Waals surface area contributed by atoms with E-state index in [0.29, 0.717) is 17.1 Å². The zero-order valence-corrected chi connectivity index (χ0v) is 13.2. The Kier molecular flexibility index (Phi) is 4.72. The third kappa shape index (κ3) is 3.69. The molecular formula is C17H21N5O2. The normalized spacial score (nSPS) is 18.8. The molecular weight excluding hydrogens is 306 g/mol. The minimum absolute atomic E-state index is 0.0737. The van der Waals surface area contributed by atoms with Crippen LogP contribution in [0.25, 0.3) is 11.4 Å². The molecule has 1 atom stereocenters. The molecule has 0 radical (unpaired) electrons. The quantitative estimate of drug-likeness (QED) is 0.483. The maximum atomic E-state index is 10.2. The summed E-state index contributed by atoms with van der Waals surface area (Å²) in [4.78, 5) is 0. The lowest BCUT2D eigenvalue weighted by Gasteiger charge is -2.11. The lowest BCUT2D eigenvalue weighted by Crippen LogP contribution is -2.19. The molecule has 1 aromatic heterocycles. The zero-order valence-electron chi connectivity index (χ0n) is 13.2.